The van der Waals surface area contributed by atoms with E-state index in [0.717, 1.165) is 53.4 Å². The van der Waals surface area contributed by atoms with Gasteiger partial charge in [-0.1, -0.05) is 62.4 Å². The van der Waals surface area contributed by atoms with Gasteiger partial charge in [0.2, 0.25) is 0 Å². The minimum absolute atomic E-state index is 0.0132. The van der Waals surface area contributed by atoms with Gasteiger partial charge in [0.05, 0.1) is 24.4 Å². The van der Waals surface area contributed by atoms with E-state index in [1.807, 2.05) is 36.9 Å². The van der Waals surface area contributed by atoms with Gasteiger partial charge in [-0.2, -0.15) is 0 Å². The third kappa shape index (κ3) is 5.37. The fourth-order valence-corrected chi connectivity index (χ4v) is 8.36. The SMILES string of the molecule is C[C@@H]1CN(C(=O)C2=Cc3ccccc3-c3c(C4CCCCC4)c4ccc(C(=O)NC5(C(=O)O)CCCC5)cc4n3C2)C[C@H](C)O1. The topological polar surface area (TPSA) is 101 Å². The number of aromatic nitrogens is 1. The number of fused-ring (bicyclic) bond motifs is 5. The Balaban J connectivity index is 1.37. The first kappa shape index (κ1) is 29.8. The van der Waals surface area contributed by atoms with E-state index in [0.29, 0.717) is 49.5 Å². The highest BCUT2D eigenvalue weighted by molar-refractivity contribution is 6.05. The highest BCUT2D eigenvalue weighted by atomic mass is 16.5. The van der Waals surface area contributed by atoms with Gasteiger partial charge in [-0.05, 0) is 74.8 Å². The second kappa shape index (κ2) is 11.8. The molecule has 3 heterocycles. The molecule has 2 saturated carbocycles. The zero-order valence-corrected chi connectivity index (χ0v) is 26.3. The molecule has 2 aliphatic heterocycles. The maximum atomic E-state index is 14.2. The van der Waals surface area contributed by atoms with E-state index in [9.17, 15) is 19.5 Å². The van der Waals surface area contributed by atoms with Crippen molar-refractivity contribution in [3.05, 3.63) is 64.7 Å². The van der Waals surface area contributed by atoms with E-state index in [2.05, 4.69) is 40.2 Å². The van der Waals surface area contributed by atoms with Crippen molar-refractivity contribution in [3.8, 4) is 11.3 Å². The van der Waals surface area contributed by atoms with E-state index < -0.39 is 11.5 Å². The van der Waals surface area contributed by atoms with Gasteiger partial charge in [0.1, 0.15) is 5.54 Å². The first-order valence-corrected chi connectivity index (χ1v) is 16.7. The van der Waals surface area contributed by atoms with Crippen molar-refractivity contribution >= 4 is 34.8 Å². The Kier molecular flexibility index (Phi) is 7.80. The summed E-state index contributed by atoms with van der Waals surface area (Å²) in [5.41, 5.74) is 5.40. The van der Waals surface area contributed by atoms with Crippen molar-refractivity contribution in [1.82, 2.24) is 14.8 Å². The Bertz CT molecular complexity index is 1680. The molecule has 2 atom stereocenters. The highest BCUT2D eigenvalue weighted by Gasteiger charge is 2.43. The molecule has 2 N–H and O–H groups in total. The fraction of sp³-hybridized carbons (Fsp3) is 0.486. The molecule has 0 spiro atoms. The first-order chi connectivity index (χ1) is 21.7. The first-order valence-electron chi connectivity index (χ1n) is 16.7. The number of carbonyl (C=O) groups is 3. The minimum atomic E-state index is -1.22. The minimum Gasteiger partial charge on any atom is -0.480 e. The van der Waals surface area contributed by atoms with E-state index in [1.165, 1.54) is 24.8 Å². The van der Waals surface area contributed by atoms with E-state index >= 15 is 0 Å². The van der Waals surface area contributed by atoms with E-state index in [4.69, 9.17) is 4.74 Å². The lowest BCUT2D eigenvalue weighted by Crippen LogP contribution is -2.52. The summed E-state index contributed by atoms with van der Waals surface area (Å²) in [6.07, 6.45) is 10.3. The van der Waals surface area contributed by atoms with Crippen LogP contribution in [0.1, 0.15) is 99.0 Å². The van der Waals surface area contributed by atoms with Gasteiger partial charge in [-0.15, -0.1) is 0 Å². The Morgan fingerprint density at radius 1 is 0.933 bits per heavy atom. The maximum Gasteiger partial charge on any atom is 0.329 e. The summed E-state index contributed by atoms with van der Waals surface area (Å²) in [6, 6.07) is 14.1. The molecule has 0 unspecified atom stereocenters. The van der Waals surface area contributed by atoms with Crippen LogP contribution in [0.3, 0.4) is 0 Å². The molecule has 7 rings (SSSR count). The van der Waals surface area contributed by atoms with Crippen LogP contribution in [0, 0.1) is 0 Å². The summed E-state index contributed by atoms with van der Waals surface area (Å²) in [5.74, 6) is -0.938. The second-order valence-corrected chi connectivity index (χ2v) is 13.7. The molecule has 3 fully saturated rings. The number of hydrogen-bond acceptors (Lipinski definition) is 4. The van der Waals surface area contributed by atoms with Crippen molar-refractivity contribution in [2.24, 2.45) is 0 Å². The average Bonchev–Trinajstić information content (AvgIpc) is 3.59. The van der Waals surface area contributed by atoms with Crippen LogP contribution in [0.25, 0.3) is 28.2 Å². The number of amides is 2. The van der Waals surface area contributed by atoms with Crippen LogP contribution >= 0.6 is 0 Å². The summed E-state index contributed by atoms with van der Waals surface area (Å²) < 4.78 is 8.18. The van der Waals surface area contributed by atoms with Gasteiger partial charge >= 0.3 is 5.97 Å². The number of carboxylic acid groups (broad SMARTS) is 1. The van der Waals surface area contributed by atoms with Gasteiger partial charge in [0, 0.05) is 40.7 Å². The zero-order valence-electron chi connectivity index (χ0n) is 26.3. The van der Waals surface area contributed by atoms with E-state index in [-0.39, 0.29) is 24.0 Å². The number of benzene rings is 2. The van der Waals surface area contributed by atoms with Gasteiger partial charge in [0.15, 0.2) is 0 Å². The Hall–Kier alpha value is -3.91. The molecule has 2 aliphatic carbocycles. The number of nitrogens with one attached hydrogen (secondary N) is 1. The number of nitrogens with zero attached hydrogens (tertiary/aromatic N) is 2. The van der Waals surface area contributed by atoms with Gasteiger partial charge in [0.25, 0.3) is 11.8 Å². The molecule has 1 saturated heterocycles. The van der Waals surface area contributed by atoms with Crippen molar-refractivity contribution in [2.45, 2.75) is 102 Å². The number of rotatable bonds is 5. The standard InChI is InChI=1S/C37H43N3O5/c1-23-20-39(21-24(2)45-23)35(42)28-18-26-12-6-7-13-29(26)33-32(25-10-4-3-5-11-25)30-15-14-27(19-31(30)40(33)22-28)34(41)38-37(36(43)44)16-8-9-17-37/h6-7,12-15,18-19,23-25H,3-5,8-11,16-17,20-22H2,1-2H3,(H,38,41)(H,43,44)/t23-,24+. The largest absolute Gasteiger partial charge is 0.480 e. The van der Waals surface area contributed by atoms with E-state index in [1.54, 1.807) is 0 Å². The van der Waals surface area contributed by atoms with Crippen LogP contribution in [-0.4, -0.2) is 63.2 Å². The van der Waals surface area contributed by atoms with Crippen molar-refractivity contribution in [2.75, 3.05) is 13.1 Å². The fourth-order valence-electron chi connectivity index (χ4n) is 8.36. The quantitative estimate of drug-likeness (QED) is 0.343. The summed E-state index contributed by atoms with van der Waals surface area (Å²) >= 11 is 0. The summed E-state index contributed by atoms with van der Waals surface area (Å²) in [5, 5.41) is 14.0. The molecule has 3 aromatic rings. The molecule has 0 radical (unpaired) electrons. The van der Waals surface area contributed by atoms with Gasteiger partial charge in [-0.25, -0.2) is 4.79 Å². The monoisotopic (exact) mass is 609 g/mol. The van der Waals surface area contributed by atoms with Crippen LogP contribution in [0.4, 0.5) is 0 Å². The Morgan fingerprint density at radius 2 is 1.64 bits per heavy atom. The summed E-state index contributed by atoms with van der Waals surface area (Å²) in [4.78, 5) is 42.0. The Morgan fingerprint density at radius 3 is 2.36 bits per heavy atom. The summed E-state index contributed by atoms with van der Waals surface area (Å²) in [7, 11) is 0. The normalized spacial score (nSPS) is 23.2. The van der Waals surface area contributed by atoms with Crippen molar-refractivity contribution < 1.29 is 24.2 Å². The number of carbonyl (C=O) groups excluding carboxylic acids is 2. The number of ether oxygens (including phenoxy) is 1. The second-order valence-electron chi connectivity index (χ2n) is 13.7. The van der Waals surface area contributed by atoms with Crippen LogP contribution in [0.5, 0.6) is 0 Å². The van der Waals surface area contributed by atoms with Crippen molar-refractivity contribution in [1.29, 1.82) is 0 Å². The molecule has 8 heteroatoms. The third-order valence-corrected chi connectivity index (χ3v) is 10.5. The predicted octanol–water partition coefficient (Wildman–Crippen LogP) is 6.52. The van der Waals surface area contributed by atoms with Gasteiger partial charge in [-0.3, -0.25) is 9.59 Å². The molecular weight excluding hydrogens is 566 g/mol. The molecule has 45 heavy (non-hydrogen) atoms. The van der Waals surface area contributed by atoms with Crippen molar-refractivity contribution in [3.63, 3.8) is 0 Å². The van der Waals surface area contributed by atoms with Gasteiger partial charge < -0.3 is 24.6 Å². The Labute approximate surface area is 264 Å². The van der Waals surface area contributed by atoms with Crippen LogP contribution in [0.15, 0.2) is 48.0 Å². The zero-order chi connectivity index (χ0) is 31.3. The van der Waals surface area contributed by atoms with Crippen LogP contribution < -0.4 is 5.32 Å². The number of hydrogen-bond donors (Lipinski definition) is 2. The van der Waals surface area contributed by atoms with Crippen LogP contribution in [-0.2, 0) is 20.9 Å². The predicted molar refractivity (Wildman–Crippen MR) is 174 cm³/mol. The van der Waals surface area contributed by atoms with Crippen LogP contribution in [0.2, 0.25) is 0 Å². The molecule has 4 aliphatic rings. The molecule has 0 bridgehead atoms. The lowest BCUT2D eigenvalue weighted by Gasteiger charge is -2.35. The average molecular weight is 610 g/mol. The molecule has 236 valence electrons. The number of carboxylic acids is 1. The third-order valence-electron chi connectivity index (χ3n) is 10.5. The molecule has 8 nitrogen and oxygen atoms in total. The smallest absolute Gasteiger partial charge is 0.329 e. The lowest BCUT2D eigenvalue weighted by atomic mass is 9.81. The molecular formula is C37H43N3O5. The highest BCUT2D eigenvalue weighted by Crippen LogP contribution is 2.46. The summed E-state index contributed by atoms with van der Waals surface area (Å²) in [6.45, 7) is 5.49. The molecule has 2 aromatic carbocycles. The number of aliphatic carboxylic acids is 1. The maximum absolute atomic E-state index is 14.2. The molecule has 1 aromatic heterocycles. The molecule has 2 amide bonds. The lowest BCUT2D eigenvalue weighted by molar-refractivity contribution is -0.144. The number of morpholine rings is 1.